The van der Waals surface area contributed by atoms with Crippen molar-refractivity contribution in [1.29, 1.82) is 0 Å². The van der Waals surface area contributed by atoms with Crippen LogP contribution in [0.5, 0.6) is 5.75 Å². The SMILES string of the molecule is COc1ccc(COCC(O)CNC(=O)NCc2nc3ccccc3n2C)cc1. The molecule has 3 aromatic rings. The van der Waals surface area contributed by atoms with Crippen LogP contribution in [0.4, 0.5) is 4.79 Å². The molecule has 2 amide bonds. The number of amides is 2. The zero-order valence-corrected chi connectivity index (χ0v) is 16.6. The molecule has 8 nitrogen and oxygen atoms in total. The molecule has 0 radical (unpaired) electrons. The third kappa shape index (κ3) is 5.69. The molecule has 1 atom stereocenters. The second-order valence-corrected chi connectivity index (χ2v) is 6.66. The lowest BCUT2D eigenvalue weighted by Gasteiger charge is -2.13. The summed E-state index contributed by atoms with van der Waals surface area (Å²) in [5, 5.41) is 15.4. The smallest absolute Gasteiger partial charge is 0.315 e. The Bertz CT molecular complexity index is 940. The summed E-state index contributed by atoms with van der Waals surface area (Å²) in [6, 6.07) is 14.9. The molecule has 0 bridgehead atoms. The minimum Gasteiger partial charge on any atom is -0.497 e. The number of carbonyl (C=O) groups excluding carboxylic acids is 1. The van der Waals surface area contributed by atoms with Crippen LogP contribution in [0, 0.1) is 0 Å². The van der Waals surface area contributed by atoms with Crippen molar-refractivity contribution in [1.82, 2.24) is 20.2 Å². The van der Waals surface area contributed by atoms with E-state index in [0.29, 0.717) is 13.2 Å². The summed E-state index contributed by atoms with van der Waals surface area (Å²) in [5.41, 5.74) is 2.87. The van der Waals surface area contributed by atoms with Crippen LogP contribution >= 0.6 is 0 Å². The van der Waals surface area contributed by atoms with Crippen LogP contribution < -0.4 is 15.4 Å². The number of carbonyl (C=O) groups is 1. The van der Waals surface area contributed by atoms with Crippen molar-refractivity contribution >= 4 is 17.1 Å². The first-order valence-electron chi connectivity index (χ1n) is 9.37. The standard InChI is InChI=1S/C21H26N4O4/c1-25-19-6-4-3-5-18(19)24-20(25)12-23-21(27)22-11-16(26)14-29-13-15-7-9-17(28-2)10-8-15/h3-10,16,26H,11-14H2,1-2H3,(H2,22,23,27). The molecule has 8 heteroatoms. The number of ether oxygens (including phenoxy) is 2. The number of hydrogen-bond donors (Lipinski definition) is 3. The number of hydrogen-bond acceptors (Lipinski definition) is 5. The van der Waals surface area contributed by atoms with Crippen molar-refractivity contribution in [3.63, 3.8) is 0 Å². The molecule has 0 fully saturated rings. The van der Waals surface area contributed by atoms with Gasteiger partial charge in [0.2, 0.25) is 0 Å². The predicted molar refractivity (Wildman–Crippen MR) is 110 cm³/mol. The Hall–Kier alpha value is -3.10. The first-order chi connectivity index (χ1) is 14.1. The van der Waals surface area contributed by atoms with Gasteiger partial charge < -0.3 is 29.8 Å². The molecule has 1 heterocycles. The zero-order chi connectivity index (χ0) is 20.6. The fourth-order valence-corrected chi connectivity index (χ4v) is 2.88. The van der Waals surface area contributed by atoms with Gasteiger partial charge in [0.1, 0.15) is 11.6 Å². The lowest BCUT2D eigenvalue weighted by Crippen LogP contribution is -2.40. The van der Waals surface area contributed by atoms with E-state index in [-0.39, 0.29) is 19.2 Å². The van der Waals surface area contributed by atoms with Gasteiger partial charge in [0.25, 0.3) is 0 Å². The second-order valence-electron chi connectivity index (χ2n) is 6.66. The van der Waals surface area contributed by atoms with Crippen LogP contribution in [0.25, 0.3) is 11.0 Å². The van der Waals surface area contributed by atoms with Gasteiger partial charge in [0, 0.05) is 13.6 Å². The first-order valence-corrected chi connectivity index (χ1v) is 9.37. The quantitative estimate of drug-likeness (QED) is 0.512. The Labute approximate surface area is 169 Å². The van der Waals surface area contributed by atoms with Gasteiger partial charge in [-0.25, -0.2) is 9.78 Å². The molecule has 0 saturated heterocycles. The summed E-state index contributed by atoms with van der Waals surface area (Å²) < 4.78 is 12.5. The fourth-order valence-electron chi connectivity index (χ4n) is 2.88. The average molecular weight is 398 g/mol. The van der Waals surface area contributed by atoms with Crippen LogP contribution in [-0.2, 0) is 24.9 Å². The number of methoxy groups -OCH3 is 1. The highest BCUT2D eigenvalue weighted by Crippen LogP contribution is 2.14. The van der Waals surface area contributed by atoms with Crippen molar-refractivity contribution in [3.8, 4) is 5.75 Å². The van der Waals surface area contributed by atoms with Crippen molar-refractivity contribution < 1.29 is 19.4 Å². The summed E-state index contributed by atoms with van der Waals surface area (Å²) in [5.74, 6) is 1.53. The van der Waals surface area contributed by atoms with E-state index in [2.05, 4.69) is 15.6 Å². The molecule has 0 aliphatic rings. The molecule has 0 spiro atoms. The van der Waals surface area contributed by atoms with Gasteiger partial charge in [-0.15, -0.1) is 0 Å². The average Bonchev–Trinajstić information content (AvgIpc) is 3.07. The number of aliphatic hydroxyl groups excluding tert-OH is 1. The highest BCUT2D eigenvalue weighted by atomic mass is 16.5. The number of rotatable bonds is 9. The summed E-state index contributed by atoms with van der Waals surface area (Å²) in [6.45, 7) is 0.884. The maximum Gasteiger partial charge on any atom is 0.315 e. The van der Waals surface area contributed by atoms with Gasteiger partial charge >= 0.3 is 6.03 Å². The van der Waals surface area contributed by atoms with E-state index in [4.69, 9.17) is 9.47 Å². The predicted octanol–water partition coefficient (Wildman–Crippen LogP) is 1.96. The normalized spacial score (nSPS) is 12.0. The van der Waals surface area contributed by atoms with Crippen LogP contribution in [0.3, 0.4) is 0 Å². The van der Waals surface area contributed by atoms with E-state index in [0.717, 1.165) is 28.2 Å². The molecule has 2 aromatic carbocycles. The first kappa shape index (κ1) is 20.6. The van der Waals surface area contributed by atoms with Gasteiger partial charge in [-0.3, -0.25) is 0 Å². The van der Waals surface area contributed by atoms with Crippen molar-refractivity contribution in [2.45, 2.75) is 19.3 Å². The molecule has 3 N–H and O–H groups in total. The number of aromatic nitrogens is 2. The van der Waals surface area contributed by atoms with Crippen molar-refractivity contribution in [3.05, 3.63) is 59.9 Å². The second kappa shape index (κ2) is 9.90. The van der Waals surface area contributed by atoms with Crippen LogP contribution in [0.15, 0.2) is 48.5 Å². The maximum atomic E-state index is 12.0. The zero-order valence-electron chi connectivity index (χ0n) is 16.6. The highest BCUT2D eigenvalue weighted by Gasteiger charge is 2.10. The maximum absolute atomic E-state index is 12.0. The Morgan fingerprint density at radius 3 is 2.66 bits per heavy atom. The number of nitrogens with one attached hydrogen (secondary N) is 2. The summed E-state index contributed by atoms with van der Waals surface area (Å²) in [6.07, 6.45) is -0.797. The molecule has 0 saturated carbocycles. The van der Waals surface area contributed by atoms with E-state index < -0.39 is 6.10 Å². The number of urea groups is 1. The van der Waals surface area contributed by atoms with E-state index in [1.165, 1.54) is 0 Å². The largest absolute Gasteiger partial charge is 0.497 e. The third-order valence-electron chi connectivity index (χ3n) is 4.52. The van der Waals surface area contributed by atoms with Crippen molar-refractivity contribution in [2.24, 2.45) is 7.05 Å². The molecule has 29 heavy (non-hydrogen) atoms. The van der Waals surface area contributed by atoms with Gasteiger partial charge in [-0.05, 0) is 29.8 Å². The lowest BCUT2D eigenvalue weighted by atomic mass is 10.2. The number of para-hydroxylation sites is 2. The topological polar surface area (TPSA) is 97.6 Å². The van der Waals surface area contributed by atoms with Gasteiger partial charge in [0.15, 0.2) is 0 Å². The Balaban J connectivity index is 1.35. The molecule has 154 valence electrons. The monoisotopic (exact) mass is 398 g/mol. The molecule has 3 rings (SSSR count). The third-order valence-corrected chi connectivity index (χ3v) is 4.52. The van der Waals surface area contributed by atoms with Gasteiger partial charge in [0.05, 0.1) is 44.0 Å². The number of aliphatic hydroxyl groups is 1. The molecular weight excluding hydrogens is 372 g/mol. The number of aryl methyl sites for hydroxylation is 1. The molecule has 0 aliphatic heterocycles. The minimum atomic E-state index is -0.797. The summed E-state index contributed by atoms with van der Waals surface area (Å²) in [4.78, 5) is 16.5. The van der Waals surface area contributed by atoms with Crippen LogP contribution in [0.1, 0.15) is 11.4 Å². The van der Waals surface area contributed by atoms with Crippen LogP contribution in [0.2, 0.25) is 0 Å². The molecular formula is C21H26N4O4. The number of benzene rings is 2. The van der Waals surface area contributed by atoms with E-state index >= 15 is 0 Å². The number of fused-ring (bicyclic) bond motifs is 1. The van der Waals surface area contributed by atoms with E-state index in [9.17, 15) is 9.90 Å². The number of imidazole rings is 1. The highest BCUT2D eigenvalue weighted by molar-refractivity contribution is 5.76. The molecule has 0 aliphatic carbocycles. The van der Waals surface area contributed by atoms with Gasteiger partial charge in [-0.2, -0.15) is 0 Å². The number of nitrogens with zero attached hydrogens (tertiary/aromatic N) is 2. The fraction of sp³-hybridized carbons (Fsp3) is 0.333. The molecule has 1 aromatic heterocycles. The Morgan fingerprint density at radius 2 is 1.93 bits per heavy atom. The van der Waals surface area contributed by atoms with Crippen LogP contribution in [-0.4, -0.2) is 47.1 Å². The van der Waals surface area contributed by atoms with Crippen molar-refractivity contribution in [2.75, 3.05) is 20.3 Å². The summed E-state index contributed by atoms with van der Waals surface area (Å²) >= 11 is 0. The Kier molecular flexibility index (Phi) is 7.04. The van der Waals surface area contributed by atoms with E-state index in [1.54, 1.807) is 7.11 Å². The lowest BCUT2D eigenvalue weighted by molar-refractivity contribution is 0.0300. The molecule has 1 unspecified atom stereocenters. The summed E-state index contributed by atoms with van der Waals surface area (Å²) in [7, 11) is 3.53. The minimum absolute atomic E-state index is 0.0942. The van der Waals surface area contributed by atoms with Gasteiger partial charge in [-0.1, -0.05) is 24.3 Å². The Morgan fingerprint density at radius 1 is 1.17 bits per heavy atom. The van der Waals surface area contributed by atoms with E-state index in [1.807, 2.05) is 60.1 Å².